The van der Waals surface area contributed by atoms with Gasteiger partial charge >= 0.3 is 0 Å². The third kappa shape index (κ3) is 2.59. The number of rotatable bonds is 2. The number of carbonyl (C=O) groups is 1. The minimum absolute atomic E-state index is 0.266. The molecule has 1 aromatic carbocycles. The molecule has 0 aliphatic carbocycles. The van der Waals surface area contributed by atoms with E-state index in [1.165, 1.54) is 0 Å². The monoisotopic (exact) mass is 354 g/mol. The van der Waals surface area contributed by atoms with Crippen LogP contribution < -0.4 is 5.32 Å². The van der Waals surface area contributed by atoms with E-state index in [0.717, 1.165) is 4.47 Å². The highest BCUT2D eigenvalue weighted by molar-refractivity contribution is 9.10. The second-order valence-corrected chi connectivity index (χ2v) is 5.68. The molecule has 2 aromatic heterocycles. The highest BCUT2D eigenvalue weighted by Gasteiger charge is 2.17. The van der Waals surface area contributed by atoms with Gasteiger partial charge in [0.05, 0.1) is 17.3 Å². The molecule has 0 aliphatic heterocycles. The summed E-state index contributed by atoms with van der Waals surface area (Å²) >= 11 is 3.39. The number of aryl methyl sites for hydroxylation is 1. The second-order valence-electron chi connectivity index (χ2n) is 4.77. The van der Waals surface area contributed by atoms with Gasteiger partial charge in [0.2, 0.25) is 0 Å². The Morgan fingerprint density at radius 3 is 2.95 bits per heavy atom. The van der Waals surface area contributed by atoms with Crippen LogP contribution in [0.2, 0.25) is 0 Å². The Hall–Kier alpha value is -2.65. The van der Waals surface area contributed by atoms with E-state index in [-0.39, 0.29) is 5.91 Å². The molecule has 0 unspecified atom stereocenters. The summed E-state index contributed by atoms with van der Waals surface area (Å²) in [5.41, 5.74) is 2.89. The summed E-state index contributed by atoms with van der Waals surface area (Å²) < 4.78 is 2.60. The number of hydrogen-bond acceptors (Lipinski definition) is 3. The van der Waals surface area contributed by atoms with Crippen molar-refractivity contribution < 1.29 is 4.79 Å². The number of carbonyl (C=O) groups excluding carboxylic acids is 1. The predicted octanol–water partition coefficient (Wildman–Crippen LogP) is 3.53. The van der Waals surface area contributed by atoms with Gasteiger partial charge in [-0.2, -0.15) is 5.26 Å². The molecule has 1 N–H and O–H groups in total. The molecule has 0 saturated carbocycles. The number of nitrogens with zero attached hydrogens (tertiary/aromatic N) is 3. The first-order valence-electron chi connectivity index (χ1n) is 6.54. The van der Waals surface area contributed by atoms with Crippen LogP contribution in [-0.2, 0) is 0 Å². The Balaban J connectivity index is 2.00. The van der Waals surface area contributed by atoms with Crippen molar-refractivity contribution in [3.8, 4) is 6.07 Å². The molecule has 0 aliphatic rings. The van der Waals surface area contributed by atoms with Crippen LogP contribution in [0, 0.1) is 18.3 Å². The molecule has 0 atom stereocenters. The van der Waals surface area contributed by atoms with Gasteiger partial charge in [0.25, 0.3) is 5.91 Å². The number of amides is 1. The summed E-state index contributed by atoms with van der Waals surface area (Å²) in [4.78, 5) is 16.9. The van der Waals surface area contributed by atoms with Crippen molar-refractivity contribution in [1.29, 1.82) is 5.26 Å². The lowest BCUT2D eigenvalue weighted by Gasteiger charge is -2.06. The fourth-order valence-electron chi connectivity index (χ4n) is 2.27. The maximum atomic E-state index is 12.6. The summed E-state index contributed by atoms with van der Waals surface area (Å²) in [7, 11) is 0. The van der Waals surface area contributed by atoms with E-state index in [0.29, 0.717) is 28.3 Å². The van der Waals surface area contributed by atoms with Gasteiger partial charge in [-0.05, 0) is 53.2 Å². The van der Waals surface area contributed by atoms with Gasteiger partial charge < -0.3 is 5.32 Å². The number of hydrogen-bond donors (Lipinski definition) is 1. The number of aromatic nitrogens is 2. The lowest BCUT2D eigenvalue weighted by molar-refractivity contribution is 0.102. The van der Waals surface area contributed by atoms with Crippen molar-refractivity contribution in [1.82, 2.24) is 9.38 Å². The SMILES string of the molecule is Cc1nc2ccc(Br)cn2c1C(=O)Nc1cccc(C#N)c1. The van der Waals surface area contributed by atoms with Gasteiger partial charge in [0.15, 0.2) is 0 Å². The molecule has 1 amide bonds. The quantitative estimate of drug-likeness (QED) is 0.765. The molecule has 5 nitrogen and oxygen atoms in total. The summed E-state index contributed by atoms with van der Waals surface area (Å²) in [5.74, 6) is -0.266. The van der Waals surface area contributed by atoms with Crippen molar-refractivity contribution in [2.24, 2.45) is 0 Å². The van der Waals surface area contributed by atoms with E-state index in [2.05, 4.69) is 26.2 Å². The number of pyridine rings is 1. The van der Waals surface area contributed by atoms with Gasteiger partial charge in [0.1, 0.15) is 11.3 Å². The van der Waals surface area contributed by atoms with Gasteiger partial charge in [-0.3, -0.25) is 9.20 Å². The van der Waals surface area contributed by atoms with E-state index >= 15 is 0 Å². The standard InChI is InChI=1S/C16H11BrN4O/c1-10-15(21-9-12(17)5-6-14(21)19-10)16(22)20-13-4-2-3-11(7-13)8-18/h2-7,9H,1H3,(H,20,22). The maximum Gasteiger partial charge on any atom is 0.274 e. The minimum Gasteiger partial charge on any atom is -0.321 e. The molecule has 0 spiro atoms. The Morgan fingerprint density at radius 2 is 2.18 bits per heavy atom. The van der Waals surface area contributed by atoms with Crippen LogP contribution in [0.5, 0.6) is 0 Å². The van der Waals surface area contributed by atoms with Gasteiger partial charge in [-0.25, -0.2) is 4.98 Å². The first kappa shape index (κ1) is 14.3. The van der Waals surface area contributed by atoms with E-state index in [1.807, 2.05) is 18.2 Å². The largest absolute Gasteiger partial charge is 0.321 e. The average Bonchev–Trinajstić information content (AvgIpc) is 2.82. The number of benzene rings is 1. The van der Waals surface area contributed by atoms with Crippen molar-refractivity contribution >= 4 is 33.2 Å². The van der Waals surface area contributed by atoms with Crippen molar-refractivity contribution in [2.45, 2.75) is 6.92 Å². The average molecular weight is 355 g/mol. The number of imidazole rings is 1. The van der Waals surface area contributed by atoms with Crippen molar-refractivity contribution in [3.05, 3.63) is 64.0 Å². The molecule has 2 heterocycles. The third-order valence-corrected chi connectivity index (χ3v) is 3.69. The topological polar surface area (TPSA) is 70.2 Å². The zero-order valence-corrected chi connectivity index (χ0v) is 13.3. The molecule has 108 valence electrons. The van der Waals surface area contributed by atoms with Gasteiger partial charge in [0, 0.05) is 16.4 Å². The Labute approximate surface area is 135 Å². The highest BCUT2D eigenvalue weighted by Crippen LogP contribution is 2.18. The Kier molecular flexibility index (Phi) is 3.65. The molecule has 0 radical (unpaired) electrons. The lowest BCUT2D eigenvalue weighted by atomic mass is 10.2. The normalized spacial score (nSPS) is 10.4. The van der Waals surface area contributed by atoms with Crippen molar-refractivity contribution in [2.75, 3.05) is 5.32 Å². The summed E-state index contributed by atoms with van der Waals surface area (Å²) in [6.07, 6.45) is 1.80. The molecule has 22 heavy (non-hydrogen) atoms. The number of fused-ring (bicyclic) bond motifs is 1. The van der Waals surface area contributed by atoms with Crippen LogP contribution in [-0.4, -0.2) is 15.3 Å². The zero-order valence-electron chi connectivity index (χ0n) is 11.7. The summed E-state index contributed by atoms with van der Waals surface area (Å²) in [6, 6.07) is 12.6. The number of halogens is 1. The highest BCUT2D eigenvalue weighted by atomic mass is 79.9. The third-order valence-electron chi connectivity index (χ3n) is 3.22. The number of nitriles is 1. The van der Waals surface area contributed by atoms with Crippen LogP contribution in [0.3, 0.4) is 0 Å². The fraction of sp³-hybridized carbons (Fsp3) is 0.0625. The van der Waals surface area contributed by atoms with Gasteiger partial charge in [-0.1, -0.05) is 6.07 Å². The van der Waals surface area contributed by atoms with Gasteiger partial charge in [-0.15, -0.1) is 0 Å². The molecule has 0 fully saturated rings. The van der Waals surface area contributed by atoms with Crippen LogP contribution in [0.4, 0.5) is 5.69 Å². The number of nitrogens with one attached hydrogen (secondary N) is 1. The Morgan fingerprint density at radius 1 is 1.36 bits per heavy atom. The summed E-state index contributed by atoms with van der Waals surface area (Å²) in [6.45, 7) is 1.79. The minimum atomic E-state index is -0.266. The van der Waals surface area contributed by atoms with Crippen LogP contribution in [0.25, 0.3) is 5.65 Å². The fourth-order valence-corrected chi connectivity index (χ4v) is 2.60. The van der Waals surface area contributed by atoms with Crippen LogP contribution in [0.15, 0.2) is 47.1 Å². The predicted molar refractivity (Wildman–Crippen MR) is 86.7 cm³/mol. The molecule has 3 rings (SSSR count). The molecular formula is C16H11BrN4O. The molecular weight excluding hydrogens is 344 g/mol. The van der Waals surface area contributed by atoms with Crippen molar-refractivity contribution in [3.63, 3.8) is 0 Å². The summed E-state index contributed by atoms with van der Waals surface area (Å²) in [5, 5.41) is 11.7. The first-order chi connectivity index (χ1) is 10.6. The lowest BCUT2D eigenvalue weighted by Crippen LogP contribution is -2.15. The van der Waals surface area contributed by atoms with E-state index in [1.54, 1.807) is 41.8 Å². The smallest absolute Gasteiger partial charge is 0.274 e. The molecule has 6 heteroatoms. The maximum absolute atomic E-state index is 12.6. The zero-order chi connectivity index (χ0) is 15.7. The molecule has 0 saturated heterocycles. The van der Waals surface area contributed by atoms with Crippen LogP contribution >= 0.6 is 15.9 Å². The molecule has 0 bridgehead atoms. The van der Waals surface area contributed by atoms with Crippen LogP contribution in [0.1, 0.15) is 21.7 Å². The van der Waals surface area contributed by atoms with E-state index in [9.17, 15) is 4.79 Å². The second kappa shape index (κ2) is 5.62. The molecule has 3 aromatic rings. The van der Waals surface area contributed by atoms with E-state index in [4.69, 9.17) is 5.26 Å². The number of anilines is 1. The van der Waals surface area contributed by atoms with E-state index < -0.39 is 0 Å². The Bertz CT molecular complexity index is 924. The first-order valence-corrected chi connectivity index (χ1v) is 7.33.